The minimum atomic E-state index is -0.00323. The maximum Gasteiger partial charge on any atom is 0.250 e. The Morgan fingerprint density at radius 1 is 1.47 bits per heavy atom. The number of anilines is 1. The Morgan fingerprint density at radius 2 is 2.32 bits per heavy atom. The predicted molar refractivity (Wildman–Crippen MR) is 76.2 cm³/mol. The van der Waals surface area contributed by atoms with E-state index in [0.29, 0.717) is 18.3 Å². The Balaban J connectivity index is 1.80. The van der Waals surface area contributed by atoms with Crippen LogP contribution in [0.15, 0.2) is 23.1 Å². The highest BCUT2D eigenvalue weighted by Crippen LogP contribution is 2.13. The first-order valence-electron chi connectivity index (χ1n) is 6.91. The van der Waals surface area contributed by atoms with Gasteiger partial charge in [-0.1, -0.05) is 0 Å². The molecule has 2 N–H and O–H groups in total. The Hall–Kier alpha value is -1.33. The molecule has 0 amide bonds. The Morgan fingerprint density at radius 3 is 3.05 bits per heavy atom. The van der Waals surface area contributed by atoms with E-state index in [2.05, 4.69) is 11.9 Å². The van der Waals surface area contributed by atoms with Crippen molar-refractivity contribution in [2.45, 2.75) is 31.9 Å². The van der Waals surface area contributed by atoms with E-state index in [1.165, 1.54) is 18.9 Å². The van der Waals surface area contributed by atoms with Crippen molar-refractivity contribution in [1.82, 2.24) is 9.47 Å². The molecule has 2 heterocycles. The highest BCUT2D eigenvalue weighted by atomic mass is 16.5. The molecule has 1 fully saturated rings. The van der Waals surface area contributed by atoms with Crippen LogP contribution < -0.4 is 11.3 Å². The van der Waals surface area contributed by atoms with Gasteiger partial charge in [0, 0.05) is 44.2 Å². The van der Waals surface area contributed by atoms with Crippen molar-refractivity contribution in [3.8, 4) is 0 Å². The average Bonchev–Trinajstić information content (AvgIpc) is 2.41. The Kier molecular flexibility index (Phi) is 4.99. The van der Waals surface area contributed by atoms with Crippen molar-refractivity contribution in [3.05, 3.63) is 28.7 Å². The van der Waals surface area contributed by atoms with E-state index in [1.54, 1.807) is 16.8 Å². The second-order valence-corrected chi connectivity index (χ2v) is 5.24. The van der Waals surface area contributed by atoms with Gasteiger partial charge in [-0.05, 0) is 32.4 Å². The second kappa shape index (κ2) is 6.73. The number of aromatic nitrogens is 1. The molecule has 1 unspecified atom stereocenters. The fraction of sp³-hybridized carbons (Fsp3) is 0.643. The van der Waals surface area contributed by atoms with Crippen molar-refractivity contribution in [2.75, 3.05) is 32.5 Å². The van der Waals surface area contributed by atoms with E-state index in [-0.39, 0.29) is 5.56 Å². The lowest BCUT2D eigenvalue weighted by Gasteiger charge is -2.27. The molecule has 106 valence electrons. The van der Waals surface area contributed by atoms with Crippen molar-refractivity contribution in [2.24, 2.45) is 0 Å². The molecule has 0 radical (unpaired) electrons. The van der Waals surface area contributed by atoms with Crippen molar-refractivity contribution < 1.29 is 4.74 Å². The first-order valence-corrected chi connectivity index (χ1v) is 6.91. The smallest absolute Gasteiger partial charge is 0.250 e. The van der Waals surface area contributed by atoms with Gasteiger partial charge in [0.25, 0.3) is 5.56 Å². The molecule has 1 aliphatic heterocycles. The number of pyridine rings is 1. The van der Waals surface area contributed by atoms with E-state index in [1.807, 2.05) is 0 Å². The van der Waals surface area contributed by atoms with Gasteiger partial charge in [0.1, 0.15) is 0 Å². The quantitative estimate of drug-likeness (QED) is 0.860. The monoisotopic (exact) mass is 265 g/mol. The van der Waals surface area contributed by atoms with Gasteiger partial charge < -0.3 is 19.9 Å². The van der Waals surface area contributed by atoms with Gasteiger partial charge in [-0.25, -0.2) is 0 Å². The van der Waals surface area contributed by atoms with Gasteiger partial charge in [0.15, 0.2) is 0 Å². The lowest BCUT2D eigenvalue weighted by Crippen LogP contribution is -2.36. The standard InChI is InChI=1S/C14H23N3O2/c1-16(11-13-4-2-3-9-19-13)7-8-17-10-12(15)5-6-14(17)18/h5-6,10,13H,2-4,7-9,11,15H2,1H3. The lowest BCUT2D eigenvalue weighted by molar-refractivity contribution is -0.00184. The minimum Gasteiger partial charge on any atom is -0.398 e. The third-order valence-electron chi connectivity index (χ3n) is 3.52. The van der Waals surface area contributed by atoms with E-state index in [4.69, 9.17) is 10.5 Å². The molecule has 1 saturated heterocycles. The molecule has 5 heteroatoms. The maximum absolute atomic E-state index is 11.6. The van der Waals surface area contributed by atoms with Gasteiger partial charge in [-0.2, -0.15) is 0 Å². The summed E-state index contributed by atoms with van der Waals surface area (Å²) in [5.74, 6) is 0. The van der Waals surface area contributed by atoms with Gasteiger partial charge in [-0.3, -0.25) is 4.79 Å². The van der Waals surface area contributed by atoms with Gasteiger partial charge in [0.2, 0.25) is 0 Å². The third-order valence-corrected chi connectivity index (χ3v) is 3.52. The van der Waals surface area contributed by atoms with Crippen LogP contribution in [0.1, 0.15) is 19.3 Å². The number of rotatable bonds is 5. The first-order chi connectivity index (χ1) is 9.15. The molecule has 1 atom stereocenters. The van der Waals surface area contributed by atoms with Crippen LogP contribution in [-0.2, 0) is 11.3 Å². The molecule has 0 aliphatic carbocycles. The van der Waals surface area contributed by atoms with Crippen LogP contribution in [-0.4, -0.2) is 42.3 Å². The molecule has 19 heavy (non-hydrogen) atoms. The van der Waals surface area contributed by atoms with Crippen LogP contribution in [0, 0.1) is 0 Å². The fourth-order valence-corrected chi connectivity index (χ4v) is 2.39. The Labute approximate surface area is 114 Å². The van der Waals surface area contributed by atoms with E-state index in [0.717, 1.165) is 26.1 Å². The predicted octanol–water partition coefficient (Wildman–Crippen LogP) is 0.931. The van der Waals surface area contributed by atoms with E-state index < -0.39 is 0 Å². The zero-order valence-corrected chi connectivity index (χ0v) is 11.5. The second-order valence-electron chi connectivity index (χ2n) is 5.24. The van der Waals surface area contributed by atoms with Crippen molar-refractivity contribution in [1.29, 1.82) is 0 Å². The number of likely N-dealkylation sites (N-methyl/N-ethyl adjacent to an activating group) is 1. The zero-order chi connectivity index (χ0) is 13.7. The highest BCUT2D eigenvalue weighted by molar-refractivity contribution is 5.33. The number of ether oxygens (including phenoxy) is 1. The van der Waals surface area contributed by atoms with Crippen LogP contribution in [0.25, 0.3) is 0 Å². The number of nitrogen functional groups attached to an aromatic ring is 1. The average molecular weight is 265 g/mol. The van der Waals surface area contributed by atoms with Crippen molar-refractivity contribution in [3.63, 3.8) is 0 Å². The summed E-state index contributed by atoms with van der Waals surface area (Å²) in [7, 11) is 2.06. The molecule has 1 aromatic rings. The molecule has 1 aliphatic rings. The van der Waals surface area contributed by atoms with Crippen molar-refractivity contribution >= 4 is 5.69 Å². The summed E-state index contributed by atoms with van der Waals surface area (Å²) in [6, 6.07) is 3.15. The molecular formula is C14H23N3O2. The lowest BCUT2D eigenvalue weighted by atomic mass is 10.1. The Bertz CT molecular complexity index is 452. The summed E-state index contributed by atoms with van der Waals surface area (Å²) in [5.41, 5.74) is 6.31. The van der Waals surface area contributed by atoms with Gasteiger partial charge in [0.05, 0.1) is 6.10 Å². The third kappa shape index (κ3) is 4.36. The van der Waals surface area contributed by atoms with Crippen LogP contribution in [0.5, 0.6) is 0 Å². The summed E-state index contributed by atoms with van der Waals surface area (Å²) in [6.45, 7) is 3.29. The molecule has 0 spiro atoms. The summed E-state index contributed by atoms with van der Waals surface area (Å²) >= 11 is 0. The normalized spacial score (nSPS) is 19.8. The summed E-state index contributed by atoms with van der Waals surface area (Å²) in [6.07, 6.45) is 5.62. The number of hydrogen-bond donors (Lipinski definition) is 1. The maximum atomic E-state index is 11.6. The first kappa shape index (κ1) is 14.1. The largest absolute Gasteiger partial charge is 0.398 e. The van der Waals surface area contributed by atoms with Crippen LogP contribution in [0.3, 0.4) is 0 Å². The topological polar surface area (TPSA) is 60.5 Å². The van der Waals surface area contributed by atoms with Crippen LogP contribution >= 0.6 is 0 Å². The molecule has 0 aromatic carbocycles. The fourth-order valence-electron chi connectivity index (χ4n) is 2.39. The SMILES string of the molecule is CN(CCn1cc(N)ccc1=O)CC1CCCCO1. The summed E-state index contributed by atoms with van der Waals surface area (Å²) in [4.78, 5) is 13.9. The van der Waals surface area contributed by atoms with E-state index in [9.17, 15) is 4.79 Å². The number of nitrogens with two attached hydrogens (primary N) is 1. The van der Waals surface area contributed by atoms with E-state index >= 15 is 0 Å². The molecule has 5 nitrogen and oxygen atoms in total. The molecule has 1 aromatic heterocycles. The molecule has 2 rings (SSSR count). The number of hydrogen-bond acceptors (Lipinski definition) is 4. The zero-order valence-electron chi connectivity index (χ0n) is 11.5. The molecule has 0 bridgehead atoms. The van der Waals surface area contributed by atoms with Gasteiger partial charge >= 0.3 is 0 Å². The molecular weight excluding hydrogens is 242 g/mol. The summed E-state index contributed by atoms with van der Waals surface area (Å²) < 4.78 is 7.37. The molecule has 0 saturated carbocycles. The summed E-state index contributed by atoms with van der Waals surface area (Å²) in [5, 5.41) is 0. The highest BCUT2D eigenvalue weighted by Gasteiger charge is 2.15. The van der Waals surface area contributed by atoms with Gasteiger partial charge in [-0.15, -0.1) is 0 Å². The van der Waals surface area contributed by atoms with Crippen LogP contribution in [0.2, 0.25) is 0 Å². The minimum absolute atomic E-state index is 0.00323. The van der Waals surface area contributed by atoms with Crippen LogP contribution in [0.4, 0.5) is 5.69 Å². The number of nitrogens with zero attached hydrogens (tertiary/aromatic N) is 2.